The summed E-state index contributed by atoms with van der Waals surface area (Å²) in [5.74, 6) is 0. The average molecular weight is 305 g/mol. The molecule has 0 aliphatic carbocycles. The van der Waals surface area contributed by atoms with Crippen molar-refractivity contribution in [2.75, 3.05) is 11.8 Å². The van der Waals surface area contributed by atoms with E-state index in [-0.39, 0.29) is 0 Å². The largest absolute Gasteiger partial charge is 0.316 e. The molecule has 112 valence electrons. The van der Waals surface area contributed by atoms with E-state index >= 15 is 0 Å². The zero-order valence-corrected chi connectivity index (χ0v) is 13.2. The predicted octanol–water partition coefficient (Wildman–Crippen LogP) is 2.22. The Kier molecular flexibility index (Phi) is 4.59. The first-order valence-electron chi connectivity index (χ1n) is 6.61. The van der Waals surface area contributed by atoms with E-state index in [0.29, 0.717) is 22.7 Å². The quantitative estimate of drug-likeness (QED) is 0.888. The van der Waals surface area contributed by atoms with Gasteiger partial charge in [0.05, 0.1) is 10.6 Å². The Bertz CT molecular complexity index is 742. The predicted molar refractivity (Wildman–Crippen MR) is 83.7 cm³/mol. The second-order valence-corrected chi connectivity index (χ2v) is 6.58. The molecule has 2 rings (SSSR count). The lowest BCUT2D eigenvalue weighted by molar-refractivity contribution is 0.600. The molecule has 0 amide bonds. The van der Waals surface area contributed by atoms with Crippen molar-refractivity contribution >= 4 is 15.7 Å². The van der Waals surface area contributed by atoms with Crippen molar-refractivity contribution in [1.82, 2.24) is 10.3 Å². The van der Waals surface area contributed by atoms with Gasteiger partial charge in [-0.3, -0.25) is 9.71 Å². The van der Waals surface area contributed by atoms with Crippen LogP contribution in [0.15, 0.2) is 41.6 Å². The van der Waals surface area contributed by atoms with Crippen LogP contribution in [0.4, 0.5) is 5.69 Å². The molecule has 0 radical (unpaired) electrons. The summed E-state index contributed by atoms with van der Waals surface area (Å²) in [5, 5.41) is 3.02. The van der Waals surface area contributed by atoms with E-state index < -0.39 is 10.0 Å². The second-order valence-electron chi connectivity index (χ2n) is 4.93. The van der Waals surface area contributed by atoms with E-state index in [1.165, 1.54) is 0 Å². The van der Waals surface area contributed by atoms with Crippen LogP contribution in [0, 0.1) is 13.8 Å². The van der Waals surface area contributed by atoms with Gasteiger partial charge in [0.2, 0.25) is 0 Å². The first-order valence-corrected chi connectivity index (χ1v) is 8.10. The summed E-state index contributed by atoms with van der Waals surface area (Å²) in [6.07, 6.45) is 3.19. The highest BCUT2D eigenvalue weighted by atomic mass is 32.2. The van der Waals surface area contributed by atoms with Gasteiger partial charge >= 0.3 is 0 Å². The van der Waals surface area contributed by atoms with Gasteiger partial charge in [0.25, 0.3) is 10.0 Å². The lowest BCUT2D eigenvalue weighted by Crippen LogP contribution is -2.16. The zero-order chi connectivity index (χ0) is 15.5. The minimum absolute atomic E-state index is 0.298. The van der Waals surface area contributed by atoms with Gasteiger partial charge in [0, 0.05) is 18.9 Å². The molecule has 0 saturated heterocycles. The molecule has 0 unspecified atom stereocenters. The van der Waals surface area contributed by atoms with Gasteiger partial charge in [-0.05, 0) is 49.7 Å². The zero-order valence-electron chi connectivity index (χ0n) is 12.3. The van der Waals surface area contributed by atoms with Gasteiger partial charge in [-0.15, -0.1) is 0 Å². The van der Waals surface area contributed by atoms with Crippen molar-refractivity contribution in [2.45, 2.75) is 25.3 Å². The number of hydrogen-bond donors (Lipinski definition) is 2. The van der Waals surface area contributed by atoms with Crippen molar-refractivity contribution in [3.8, 4) is 0 Å². The molecule has 0 aliphatic heterocycles. The molecule has 0 saturated carbocycles. The van der Waals surface area contributed by atoms with Gasteiger partial charge in [-0.2, -0.15) is 0 Å². The second kappa shape index (κ2) is 6.24. The standard InChI is InChI=1S/C15H19N3O2S/c1-11-4-5-13(10-16-3)8-15(11)21(19,20)18-14-6-7-17-9-12(14)2/h4-9,16H,10H2,1-3H3,(H,17,18). The average Bonchev–Trinajstić information content (AvgIpc) is 2.43. The van der Waals surface area contributed by atoms with Crippen LogP contribution in [0.5, 0.6) is 0 Å². The van der Waals surface area contributed by atoms with E-state index in [9.17, 15) is 8.42 Å². The van der Waals surface area contributed by atoms with Gasteiger partial charge in [-0.1, -0.05) is 12.1 Å². The van der Waals surface area contributed by atoms with E-state index in [0.717, 1.165) is 11.1 Å². The summed E-state index contributed by atoms with van der Waals surface area (Å²) in [6.45, 7) is 4.23. The van der Waals surface area contributed by atoms with Crippen molar-refractivity contribution in [3.63, 3.8) is 0 Å². The number of rotatable bonds is 5. The van der Waals surface area contributed by atoms with Crippen LogP contribution in [0.2, 0.25) is 0 Å². The Balaban J connectivity index is 2.40. The van der Waals surface area contributed by atoms with Gasteiger partial charge in [0.15, 0.2) is 0 Å². The Hall–Kier alpha value is -1.92. The summed E-state index contributed by atoms with van der Waals surface area (Å²) in [7, 11) is -1.79. The van der Waals surface area contributed by atoms with Crippen LogP contribution >= 0.6 is 0 Å². The molecular weight excluding hydrogens is 286 g/mol. The maximum atomic E-state index is 12.6. The third-order valence-corrected chi connectivity index (χ3v) is 4.70. The molecule has 0 spiro atoms. The molecule has 1 aromatic heterocycles. The van der Waals surface area contributed by atoms with Crippen molar-refractivity contribution in [1.29, 1.82) is 0 Å². The molecule has 0 bridgehead atoms. The van der Waals surface area contributed by atoms with Gasteiger partial charge < -0.3 is 5.32 Å². The lowest BCUT2D eigenvalue weighted by Gasteiger charge is -2.13. The van der Waals surface area contributed by atoms with Crippen molar-refractivity contribution in [3.05, 3.63) is 53.3 Å². The van der Waals surface area contributed by atoms with Crippen LogP contribution in [0.3, 0.4) is 0 Å². The summed E-state index contributed by atoms with van der Waals surface area (Å²) < 4.78 is 27.8. The SMILES string of the molecule is CNCc1ccc(C)c(S(=O)(=O)Nc2ccncc2C)c1. The lowest BCUT2D eigenvalue weighted by atomic mass is 10.1. The third-order valence-electron chi connectivity index (χ3n) is 3.19. The highest BCUT2D eigenvalue weighted by molar-refractivity contribution is 7.92. The third kappa shape index (κ3) is 3.59. The minimum atomic E-state index is -3.61. The summed E-state index contributed by atoms with van der Waals surface area (Å²) in [4.78, 5) is 4.26. The van der Waals surface area contributed by atoms with Gasteiger partial charge in [0.1, 0.15) is 0 Å². The number of nitrogens with zero attached hydrogens (tertiary/aromatic N) is 1. The topological polar surface area (TPSA) is 71.1 Å². The first kappa shape index (κ1) is 15.5. The van der Waals surface area contributed by atoms with Gasteiger partial charge in [-0.25, -0.2) is 8.42 Å². The fraction of sp³-hybridized carbons (Fsp3) is 0.267. The Morgan fingerprint density at radius 2 is 1.90 bits per heavy atom. The molecule has 0 atom stereocenters. The molecule has 6 heteroatoms. The normalized spacial score (nSPS) is 11.4. The molecule has 0 aliphatic rings. The highest BCUT2D eigenvalue weighted by Gasteiger charge is 2.18. The van der Waals surface area contributed by atoms with E-state index in [4.69, 9.17) is 0 Å². The summed E-state index contributed by atoms with van der Waals surface area (Å²) in [6, 6.07) is 7.09. The molecule has 1 aromatic carbocycles. The number of anilines is 1. The first-order chi connectivity index (χ1) is 9.94. The number of aromatic nitrogens is 1. The molecule has 0 fully saturated rings. The maximum absolute atomic E-state index is 12.6. The van der Waals surface area contributed by atoms with Crippen molar-refractivity contribution in [2.24, 2.45) is 0 Å². The van der Waals surface area contributed by atoms with E-state index in [1.54, 1.807) is 31.5 Å². The number of benzene rings is 1. The van der Waals surface area contributed by atoms with Crippen molar-refractivity contribution < 1.29 is 8.42 Å². The fourth-order valence-corrected chi connectivity index (χ4v) is 3.46. The molecule has 2 N–H and O–H groups in total. The summed E-state index contributed by atoms with van der Waals surface area (Å²) >= 11 is 0. The number of sulfonamides is 1. The smallest absolute Gasteiger partial charge is 0.262 e. The van der Waals surface area contributed by atoms with Crippen LogP contribution in [-0.2, 0) is 16.6 Å². The Morgan fingerprint density at radius 1 is 1.14 bits per heavy atom. The minimum Gasteiger partial charge on any atom is -0.316 e. The monoisotopic (exact) mass is 305 g/mol. The number of aryl methyl sites for hydroxylation is 2. The molecule has 1 heterocycles. The Labute approximate surface area is 125 Å². The molecule has 2 aromatic rings. The molecule has 21 heavy (non-hydrogen) atoms. The molecular formula is C15H19N3O2S. The van der Waals surface area contributed by atoms with E-state index in [1.807, 2.05) is 26.1 Å². The molecule has 5 nitrogen and oxygen atoms in total. The maximum Gasteiger partial charge on any atom is 0.262 e. The fourth-order valence-electron chi connectivity index (χ4n) is 2.04. The number of nitrogens with one attached hydrogen (secondary N) is 2. The number of hydrogen-bond acceptors (Lipinski definition) is 4. The summed E-state index contributed by atoms with van der Waals surface area (Å²) in [5.41, 5.74) is 2.97. The van der Waals surface area contributed by atoms with Crippen LogP contribution in [-0.4, -0.2) is 20.4 Å². The Morgan fingerprint density at radius 3 is 2.57 bits per heavy atom. The van der Waals surface area contributed by atoms with Crippen LogP contribution < -0.4 is 10.0 Å². The van der Waals surface area contributed by atoms with E-state index in [2.05, 4.69) is 15.0 Å². The van der Waals surface area contributed by atoms with Crippen LogP contribution in [0.25, 0.3) is 0 Å². The number of pyridine rings is 1. The van der Waals surface area contributed by atoms with Crippen LogP contribution in [0.1, 0.15) is 16.7 Å². The highest BCUT2D eigenvalue weighted by Crippen LogP contribution is 2.22.